The van der Waals surface area contributed by atoms with Crippen LogP contribution in [0.4, 0.5) is 5.82 Å². The number of hydrogen-bond acceptors (Lipinski definition) is 6. The maximum Gasteiger partial charge on any atom is 0.261 e. The van der Waals surface area contributed by atoms with Gasteiger partial charge in [0, 0.05) is 6.20 Å². The largest absolute Gasteiger partial charge is 0.362 e. The highest BCUT2D eigenvalue weighted by molar-refractivity contribution is 5.68. The van der Waals surface area contributed by atoms with Crippen molar-refractivity contribution in [1.29, 1.82) is 0 Å². The Morgan fingerprint density at radius 1 is 1.08 bits per heavy atom. The molecule has 0 amide bonds. The van der Waals surface area contributed by atoms with Crippen molar-refractivity contribution in [3.05, 3.63) is 66.5 Å². The molecule has 4 aromatic rings. The van der Waals surface area contributed by atoms with Crippen LogP contribution in [0.1, 0.15) is 11.6 Å². The number of pyridine rings is 1. The Morgan fingerprint density at radius 2 is 1.96 bits per heavy atom. The van der Waals surface area contributed by atoms with E-state index in [0.29, 0.717) is 24.1 Å². The van der Waals surface area contributed by atoms with Gasteiger partial charge in [-0.25, -0.2) is 9.97 Å². The third kappa shape index (κ3) is 3.25. The minimum atomic E-state index is 0.442. The normalized spacial score (nSPS) is 10.8. The molecule has 0 aliphatic carbocycles. The molecule has 3 aromatic heterocycles. The number of aromatic amines is 1. The minimum Gasteiger partial charge on any atom is -0.362 e. The fourth-order valence-electron chi connectivity index (χ4n) is 2.51. The lowest BCUT2D eigenvalue weighted by atomic mass is 10.2. The number of benzene rings is 1. The third-order valence-corrected chi connectivity index (χ3v) is 3.70. The Labute approximate surface area is 144 Å². The summed E-state index contributed by atoms with van der Waals surface area (Å²) in [5, 5.41) is 7.10. The predicted molar refractivity (Wildman–Crippen MR) is 93.6 cm³/mol. The molecule has 0 fully saturated rings. The maximum absolute atomic E-state index is 5.24. The highest BCUT2D eigenvalue weighted by Crippen LogP contribution is 2.24. The molecule has 0 radical (unpaired) electrons. The molecule has 0 spiro atoms. The molecule has 0 saturated heterocycles. The van der Waals surface area contributed by atoms with Gasteiger partial charge in [-0.15, -0.1) is 0 Å². The van der Waals surface area contributed by atoms with Gasteiger partial charge in [0.05, 0.1) is 24.0 Å². The van der Waals surface area contributed by atoms with E-state index in [9.17, 15) is 0 Å². The van der Waals surface area contributed by atoms with Gasteiger partial charge in [0.25, 0.3) is 5.89 Å². The second-order valence-corrected chi connectivity index (χ2v) is 5.51. The predicted octanol–water partition coefficient (Wildman–Crippen LogP) is 3.44. The quantitative estimate of drug-likeness (QED) is 0.581. The Kier molecular flexibility index (Phi) is 3.96. The van der Waals surface area contributed by atoms with Gasteiger partial charge in [-0.2, -0.15) is 4.98 Å². The van der Waals surface area contributed by atoms with E-state index in [1.54, 1.807) is 13.1 Å². The van der Waals surface area contributed by atoms with E-state index in [4.69, 9.17) is 4.52 Å². The van der Waals surface area contributed by atoms with Crippen molar-refractivity contribution in [2.75, 3.05) is 5.32 Å². The number of hydrogen-bond donors (Lipinski definition) is 2. The average molecular weight is 332 g/mol. The van der Waals surface area contributed by atoms with Gasteiger partial charge in [0.1, 0.15) is 11.6 Å². The van der Waals surface area contributed by atoms with Crippen molar-refractivity contribution in [3.63, 3.8) is 0 Å². The van der Waals surface area contributed by atoms with Crippen molar-refractivity contribution in [1.82, 2.24) is 25.1 Å². The molecule has 4 rings (SSSR count). The number of rotatable bonds is 5. The zero-order valence-corrected chi connectivity index (χ0v) is 13.6. The van der Waals surface area contributed by atoms with Crippen molar-refractivity contribution in [2.24, 2.45) is 0 Å². The molecule has 0 bridgehead atoms. The first-order valence-corrected chi connectivity index (χ1v) is 7.88. The number of aromatic nitrogens is 5. The molecule has 3 heterocycles. The number of H-pyrrole nitrogens is 1. The Bertz CT molecular complexity index is 976. The van der Waals surface area contributed by atoms with Crippen molar-refractivity contribution in [3.8, 4) is 22.7 Å². The van der Waals surface area contributed by atoms with Gasteiger partial charge in [0.2, 0.25) is 0 Å². The first-order chi connectivity index (χ1) is 12.3. The fourth-order valence-corrected chi connectivity index (χ4v) is 2.51. The van der Waals surface area contributed by atoms with Gasteiger partial charge in [-0.05, 0) is 24.6 Å². The number of nitrogens with one attached hydrogen (secondary N) is 2. The SMILES string of the molecule is Cc1noc(-c2cccnc2NCc2ncc(-c3ccccc3)[nH]2)n1. The van der Waals surface area contributed by atoms with Crippen LogP contribution >= 0.6 is 0 Å². The zero-order valence-electron chi connectivity index (χ0n) is 13.6. The van der Waals surface area contributed by atoms with Crippen LogP contribution in [0.2, 0.25) is 0 Å². The van der Waals surface area contributed by atoms with Crippen LogP contribution in [0.25, 0.3) is 22.7 Å². The van der Waals surface area contributed by atoms with Crippen molar-refractivity contribution < 1.29 is 4.52 Å². The highest BCUT2D eigenvalue weighted by atomic mass is 16.5. The lowest BCUT2D eigenvalue weighted by Crippen LogP contribution is -2.04. The molecule has 1 aromatic carbocycles. The number of anilines is 1. The topological polar surface area (TPSA) is 92.5 Å². The second-order valence-electron chi connectivity index (χ2n) is 5.51. The van der Waals surface area contributed by atoms with Crippen LogP contribution in [-0.2, 0) is 6.54 Å². The monoisotopic (exact) mass is 332 g/mol. The average Bonchev–Trinajstić information content (AvgIpc) is 3.30. The second kappa shape index (κ2) is 6.56. The van der Waals surface area contributed by atoms with Crippen LogP contribution in [-0.4, -0.2) is 25.1 Å². The molecule has 2 N–H and O–H groups in total. The van der Waals surface area contributed by atoms with E-state index in [-0.39, 0.29) is 0 Å². The van der Waals surface area contributed by atoms with E-state index < -0.39 is 0 Å². The molecule has 7 heteroatoms. The summed E-state index contributed by atoms with van der Waals surface area (Å²) in [5.41, 5.74) is 2.84. The molecular weight excluding hydrogens is 316 g/mol. The molecule has 7 nitrogen and oxygen atoms in total. The summed E-state index contributed by atoms with van der Waals surface area (Å²) in [6.07, 6.45) is 3.54. The molecule has 0 unspecified atom stereocenters. The third-order valence-electron chi connectivity index (χ3n) is 3.70. The van der Waals surface area contributed by atoms with E-state index >= 15 is 0 Å². The minimum absolute atomic E-state index is 0.442. The lowest BCUT2D eigenvalue weighted by Gasteiger charge is -2.06. The van der Waals surface area contributed by atoms with Gasteiger partial charge < -0.3 is 14.8 Å². The smallest absolute Gasteiger partial charge is 0.261 e. The van der Waals surface area contributed by atoms with E-state index in [0.717, 1.165) is 22.6 Å². The van der Waals surface area contributed by atoms with Crippen LogP contribution in [0.15, 0.2) is 59.4 Å². The van der Waals surface area contributed by atoms with Crippen LogP contribution < -0.4 is 5.32 Å². The van der Waals surface area contributed by atoms with Crippen LogP contribution in [0.5, 0.6) is 0 Å². The summed E-state index contributed by atoms with van der Waals surface area (Å²) in [7, 11) is 0. The Hall–Kier alpha value is -3.48. The summed E-state index contributed by atoms with van der Waals surface area (Å²) < 4.78 is 5.24. The molecule has 0 aliphatic rings. The summed E-state index contributed by atoms with van der Waals surface area (Å²) in [5.74, 6) is 2.52. The maximum atomic E-state index is 5.24. The van der Waals surface area contributed by atoms with E-state index in [2.05, 4.69) is 30.4 Å². The lowest BCUT2D eigenvalue weighted by molar-refractivity contribution is 0.425. The number of imidazole rings is 1. The number of nitrogens with zero attached hydrogens (tertiary/aromatic N) is 4. The fraction of sp³-hybridized carbons (Fsp3) is 0.111. The molecule has 0 atom stereocenters. The molecule has 124 valence electrons. The van der Waals surface area contributed by atoms with Crippen molar-refractivity contribution >= 4 is 5.82 Å². The van der Waals surface area contributed by atoms with Gasteiger partial charge in [0.15, 0.2) is 5.82 Å². The standard InChI is InChI=1S/C18H16N6O/c1-12-22-18(25-24-12)14-8-5-9-19-17(14)21-11-16-20-10-15(23-16)13-6-3-2-4-7-13/h2-10H,11H2,1H3,(H,19,21)(H,20,23). The summed E-state index contributed by atoms with van der Waals surface area (Å²) >= 11 is 0. The van der Waals surface area contributed by atoms with Crippen LogP contribution in [0.3, 0.4) is 0 Å². The Balaban J connectivity index is 1.52. The Morgan fingerprint density at radius 3 is 2.76 bits per heavy atom. The van der Waals surface area contributed by atoms with Crippen LogP contribution in [0, 0.1) is 6.92 Å². The summed E-state index contributed by atoms with van der Waals surface area (Å²) in [4.78, 5) is 16.4. The van der Waals surface area contributed by atoms with E-state index in [1.165, 1.54) is 0 Å². The van der Waals surface area contributed by atoms with Gasteiger partial charge in [-0.3, -0.25) is 0 Å². The molecule has 0 aliphatic heterocycles. The first-order valence-electron chi connectivity index (χ1n) is 7.88. The molecule has 0 saturated carbocycles. The summed E-state index contributed by atoms with van der Waals surface area (Å²) in [6.45, 7) is 2.29. The highest BCUT2D eigenvalue weighted by Gasteiger charge is 2.12. The summed E-state index contributed by atoms with van der Waals surface area (Å²) in [6, 6.07) is 13.8. The van der Waals surface area contributed by atoms with Gasteiger partial charge in [-0.1, -0.05) is 35.5 Å². The molecule has 25 heavy (non-hydrogen) atoms. The zero-order chi connectivity index (χ0) is 17.1. The number of aryl methyl sites for hydroxylation is 1. The first kappa shape index (κ1) is 15.1. The molecular formula is C18H16N6O. The van der Waals surface area contributed by atoms with Crippen molar-refractivity contribution in [2.45, 2.75) is 13.5 Å². The van der Waals surface area contributed by atoms with E-state index in [1.807, 2.05) is 48.7 Å². The van der Waals surface area contributed by atoms with Gasteiger partial charge >= 0.3 is 0 Å².